The van der Waals surface area contributed by atoms with Crippen LogP contribution >= 0.6 is 0 Å². The zero-order chi connectivity index (χ0) is 16.1. The van der Waals surface area contributed by atoms with Crippen LogP contribution in [0.5, 0.6) is 0 Å². The lowest BCUT2D eigenvalue weighted by atomic mass is 10.2. The van der Waals surface area contributed by atoms with Gasteiger partial charge in [-0.3, -0.25) is 0 Å². The smallest absolute Gasteiger partial charge is 0.139 e. The number of hydrogen-bond acceptors (Lipinski definition) is 2. The second-order valence-electron chi connectivity index (χ2n) is 6.40. The normalized spacial score (nSPS) is 19.9. The first-order chi connectivity index (χ1) is 11.1. The molecule has 0 bridgehead atoms. The number of hydrogen-bond donors (Lipinski definition) is 0. The van der Waals surface area contributed by atoms with Gasteiger partial charge in [0, 0.05) is 36.6 Å². The first-order valence-electron chi connectivity index (χ1n) is 7.90. The van der Waals surface area contributed by atoms with E-state index in [2.05, 4.69) is 55.2 Å². The molecule has 2 unspecified atom stereocenters. The molecule has 1 aliphatic carbocycles. The van der Waals surface area contributed by atoms with Crippen LogP contribution in [0.4, 0.5) is 0 Å². The molecule has 3 aromatic rings. The van der Waals surface area contributed by atoms with Crippen LogP contribution in [-0.2, 0) is 0 Å². The van der Waals surface area contributed by atoms with E-state index in [9.17, 15) is 0 Å². The molecule has 2 atom stereocenters. The van der Waals surface area contributed by atoms with E-state index in [0.29, 0.717) is 11.8 Å². The van der Waals surface area contributed by atoms with Crippen LogP contribution in [0.2, 0.25) is 0 Å². The average Bonchev–Trinajstić information content (AvgIpc) is 3.02. The summed E-state index contributed by atoms with van der Waals surface area (Å²) in [6.07, 6.45) is 9.17. The van der Waals surface area contributed by atoms with Crippen LogP contribution in [0, 0.1) is 6.92 Å². The van der Waals surface area contributed by atoms with Crippen LogP contribution < -0.4 is 0 Å². The number of fused-ring (bicyclic) bond motifs is 1. The maximum absolute atomic E-state index is 4.83. The van der Waals surface area contributed by atoms with Crippen LogP contribution in [-0.4, -0.2) is 18.9 Å². The Morgan fingerprint density at radius 2 is 2.00 bits per heavy atom. The maximum atomic E-state index is 4.83. The lowest BCUT2D eigenvalue weighted by molar-refractivity contribution is 0.953. The summed E-state index contributed by atoms with van der Waals surface area (Å²) in [6, 6.07) is 4.16. The molecular weight excluding hydrogens is 284 g/mol. The molecule has 116 valence electrons. The third kappa shape index (κ3) is 2.22. The monoisotopic (exact) mass is 304 g/mol. The van der Waals surface area contributed by atoms with Crippen molar-refractivity contribution in [1.82, 2.24) is 18.9 Å². The largest absolute Gasteiger partial charge is 0.307 e. The second kappa shape index (κ2) is 4.95. The summed E-state index contributed by atoms with van der Waals surface area (Å²) >= 11 is 0. The molecular formula is C19H20N4. The fourth-order valence-corrected chi connectivity index (χ4v) is 3.25. The molecule has 3 heterocycles. The summed E-state index contributed by atoms with van der Waals surface area (Å²) in [4.78, 5) is 9.57. The standard InChI is InChI=1S/C19H20N4/c1-5-22-10-16(20-18(22)12(2)3)14-9-15(14)17-11-23-8-6-7-13(4)19(23)21-17/h5-8,10-11,14-15H,1-2,9H2,3-4H3. The Morgan fingerprint density at radius 3 is 2.61 bits per heavy atom. The number of aromatic nitrogens is 4. The minimum absolute atomic E-state index is 0.444. The van der Waals surface area contributed by atoms with Gasteiger partial charge >= 0.3 is 0 Å². The van der Waals surface area contributed by atoms with Crippen molar-refractivity contribution < 1.29 is 0 Å². The van der Waals surface area contributed by atoms with Gasteiger partial charge in [-0.05, 0) is 37.5 Å². The van der Waals surface area contributed by atoms with Gasteiger partial charge in [-0.2, -0.15) is 0 Å². The summed E-state index contributed by atoms with van der Waals surface area (Å²) < 4.78 is 4.07. The number of aryl methyl sites for hydroxylation is 1. The Balaban J connectivity index is 1.65. The Kier molecular flexibility index (Phi) is 3.01. The third-order valence-corrected chi connectivity index (χ3v) is 4.58. The summed E-state index contributed by atoms with van der Waals surface area (Å²) in [5.41, 5.74) is 5.48. The summed E-state index contributed by atoms with van der Waals surface area (Å²) in [6.45, 7) is 11.9. The molecule has 1 fully saturated rings. The highest BCUT2D eigenvalue weighted by atomic mass is 15.1. The van der Waals surface area contributed by atoms with Crippen molar-refractivity contribution in [3.63, 3.8) is 0 Å². The Morgan fingerprint density at radius 1 is 1.26 bits per heavy atom. The molecule has 1 aliphatic rings. The Hall–Kier alpha value is -2.62. The molecule has 1 saturated carbocycles. The van der Waals surface area contributed by atoms with Crippen molar-refractivity contribution >= 4 is 17.4 Å². The fourth-order valence-electron chi connectivity index (χ4n) is 3.25. The van der Waals surface area contributed by atoms with Crippen molar-refractivity contribution in [2.45, 2.75) is 32.1 Å². The Bertz CT molecular complexity index is 928. The van der Waals surface area contributed by atoms with Crippen molar-refractivity contribution in [2.24, 2.45) is 0 Å². The summed E-state index contributed by atoms with van der Waals surface area (Å²) in [5, 5.41) is 0. The van der Waals surface area contributed by atoms with Crippen LogP contribution in [0.15, 0.2) is 43.9 Å². The van der Waals surface area contributed by atoms with Gasteiger partial charge < -0.3 is 8.97 Å². The predicted molar refractivity (Wildman–Crippen MR) is 93.4 cm³/mol. The highest BCUT2D eigenvalue weighted by Crippen LogP contribution is 2.54. The Labute approximate surface area is 135 Å². The first kappa shape index (κ1) is 14.0. The highest BCUT2D eigenvalue weighted by Gasteiger charge is 2.43. The minimum atomic E-state index is 0.444. The van der Waals surface area contributed by atoms with E-state index in [1.807, 2.05) is 11.5 Å². The van der Waals surface area contributed by atoms with Crippen molar-refractivity contribution in [1.29, 1.82) is 0 Å². The van der Waals surface area contributed by atoms with Gasteiger partial charge in [-0.1, -0.05) is 19.2 Å². The van der Waals surface area contributed by atoms with Gasteiger partial charge in [0.15, 0.2) is 0 Å². The molecule has 4 nitrogen and oxygen atoms in total. The van der Waals surface area contributed by atoms with Crippen LogP contribution in [0.3, 0.4) is 0 Å². The second-order valence-corrected chi connectivity index (χ2v) is 6.40. The van der Waals surface area contributed by atoms with Gasteiger partial charge in [-0.25, -0.2) is 9.97 Å². The predicted octanol–water partition coefficient (Wildman–Crippen LogP) is 4.24. The molecule has 3 aromatic heterocycles. The molecule has 4 rings (SSSR count). The molecule has 23 heavy (non-hydrogen) atoms. The number of nitrogens with zero attached hydrogens (tertiary/aromatic N) is 4. The van der Waals surface area contributed by atoms with E-state index in [0.717, 1.165) is 34.9 Å². The summed E-state index contributed by atoms with van der Waals surface area (Å²) in [7, 11) is 0. The van der Waals surface area contributed by atoms with Gasteiger partial charge in [0.05, 0.1) is 11.4 Å². The highest BCUT2D eigenvalue weighted by molar-refractivity contribution is 5.58. The van der Waals surface area contributed by atoms with E-state index in [1.54, 1.807) is 6.20 Å². The zero-order valence-corrected chi connectivity index (χ0v) is 13.5. The van der Waals surface area contributed by atoms with E-state index in [1.165, 1.54) is 5.56 Å². The molecule has 0 radical (unpaired) electrons. The van der Waals surface area contributed by atoms with E-state index in [-0.39, 0.29) is 0 Å². The molecule has 0 aromatic carbocycles. The lowest BCUT2D eigenvalue weighted by Crippen LogP contribution is -1.90. The topological polar surface area (TPSA) is 35.1 Å². The molecule has 0 spiro atoms. The molecule has 0 amide bonds. The summed E-state index contributed by atoms with van der Waals surface area (Å²) in [5.74, 6) is 1.80. The van der Waals surface area contributed by atoms with Crippen molar-refractivity contribution in [2.75, 3.05) is 0 Å². The number of rotatable bonds is 4. The van der Waals surface area contributed by atoms with E-state index >= 15 is 0 Å². The lowest BCUT2D eigenvalue weighted by Gasteiger charge is -1.98. The van der Waals surface area contributed by atoms with Crippen LogP contribution in [0.25, 0.3) is 17.4 Å². The molecule has 0 N–H and O–H groups in total. The van der Waals surface area contributed by atoms with Gasteiger partial charge in [0.1, 0.15) is 11.5 Å². The fraction of sp³-hybridized carbons (Fsp3) is 0.263. The van der Waals surface area contributed by atoms with E-state index < -0.39 is 0 Å². The SMILES string of the molecule is C=Cn1cc(C2CC2c2cn3cccc(C)c3n2)nc1C(=C)C. The number of allylic oxidation sites excluding steroid dienone is 1. The molecule has 0 saturated heterocycles. The van der Waals surface area contributed by atoms with Crippen molar-refractivity contribution in [3.8, 4) is 0 Å². The van der Waals surface area contributed by atoms with Crippen LogP contribution in [0.1, 0.15) is 48.0 Å². The number of pyridine rings is 1. The maximum Gasteiger partial charge on any atom is 0.139 e. The molecule has 0 aliphatic heterocycles. The first-order valence-corrected chi connectivity index (χ1v) is 7.90. The van der Waals surface area contributed by atoms with Gasteiger partial charge in [-0.15, -0.1) is 0 Å². The van der Waals surface area contributed by atoms with E-state index in [4.69, 9.17) is 9.97 Å². The van der Waals surface area contributed by atoms with Gasteiger partial charge in [0.2, 0.25) is 0 Å². The molecule has 4 heteroatoms. The quantitative estimate of drug-likeness (QED) is 0.722. The zero-order valence-electron chi connectivity index (χ0n) is 13.5. The van der Waals surface area contributed by atoms with Gasteiger partial charge in [0.25, 0.3) is 0 Å². The minimum Gasteiger partial charge on any atom is -0.307 e. The van der Waals surface area contributed by atoms with Crippen molar-refractivity contribution in [3.05, 3.63) is 66.7 Å². The number of imidazole rings is 2. The average molecular weight is 304 g/mol. The third-order valence-electron chi connectivity index (χ3n) is 4.58.